The summed E-state index contributed by atoms with van der Waals surface area (Å²) in [5.41, 5.74) is 2.88. The molecule has 0 aliphatic carbocycles. The first-order valence-corrected chi connectivity index (χ1v) is 6.65. The molecule has 0 fully saturated rings. The van der Waals surface area contributed by atoms with E-state index >= 15 is 0 Å². The highest BCUT2D eigenvalue weighted by Crippen LogP contribution is 2.20. The quantitative estimate of drug-likeness (QED) is 0.886. The summed E-state index contributed by atoms with van der Waals surface area (Å²) in [6, 6.07) is 13.0. The number of benzene rings is 2. The molecular weight excluding hydrogens is 268 g/mol. The van der Waals surface area contributed by atoms with Gasteiger partial charge in [0, 0.05) is 0 Å². The molecule has 2 aromatic rings. The maximum atomic E-state index is 10.6. The molecule has 0 aromatic heterocycles. The SMILES string of the molecule is COc1ccc(COc2ccc(CC(=O)O)cc2)cc1C. The van der Waals surface area contributed by atoms with Crippen LogP contribution in [0, 0.1) is 6.92 Å². The highest BCUT2D eigenvalue weighted by Gasteiger charge is 2.03. The minimum atomic E-state index is -0.836. The van der Waals surface area contributed by atoms with Crippen LogP contribution in [0.15, 0.2) is 42.5 Å². The average molecular weight is 286 g/mol. The summed E-state index contributed by atoms with van der Waals surface area (Å²) in [6.07, 6.45) is 0.0257. The lowest BCUT2D eigenvalue weighted by molar-refractivity contribution is -0.136. The van der Waals surface area contributed by atoms with Crippen LogP contribution in [0.25, 0.3) is 0 Å². The van der Waals surface area contributed by atoms with Gasteiger partial charge in [-0.3, -0.25) is 4.79 Å². The van der Waals surface area contributed by atoms with Gasteiger partial charge in [-0.1, -0.05) is 18.2 Å². The Morgan fingerprint density at radius 3 is 2.33 bits per heavy atom. The molecule has 0 bridgehead atoms. The van der Waals surface area contributed by atoms with E-state index in [-0.39, 0.29) is 6.42 Å². The van der Waals surface area contributed by atoms with E-state index in [1.807, 2.05) is 25.1 Å². The average Bonchev–Trinajstić information content (AvgIpc) is 2.46. The zero-order valence-corrected chi connectivity index (χ0v) is 12.1. The fourth-order valence-corrected chi connectivity index (χ4v) is 2.08. The Hall–Kier alpha value is -2.49. The van der Waals surface area contributed by atoms with E-state index in [2.05, 4.69) is 0 Å². The fraction of sp³-hybridized carbons (Fsp3) is 0.235. The summed E-state index contributed by atoms with van der Waals surface area (Å²) in [5, 5.41) is 8.72. The summed E-state index contributed by atoms with van der Waals surface area (Å²) >= 11 is 0. The van der Waals surface area contributed by atoms with Gasteiger partial charge in [-0.25, -0.2) is 0 Å². The standard InChI is InChI=1S/C17H18O4/c1-12-9-14(5-8-16(12)20-2)11-21-15-6-3-13(4-7-15)10-17(18)19/h3-9H,10-11H2,1-2H3,(H,18,19). The van der Waals surface area contributed by atoms with Crippen molar-refractivity contribution in [2.45, 2.75) is 20.0 Å². The maximum Gasteiger partial charge on any atom is 0.307 e. The predicted molar refractivity (Wildman–Crippen MR) is 79.8 cm³/mol. The summed E-state index contributed by atoms with van der Waals surface area (Å²) in [7, 11) is 1.65. The van der Waals surface area contributed by atoms with Gasteiger partial charge in [-0.05, 0) is 47.9 Å². The third-order valence-corrected chi connectivity index (χ3v) is 3.14. The summed E-state index contributed by atoms with van der Waals surface area (Å²) in [6.45, 7) is 2.45. The molecule has 1 N–H and O–H groups in total. The maximum absolute atomic E-state index is 10.6. The van der Waals surface area contributed by atoms with E-state index < -0.39 is 5.97 Å². The van der Waals surface area contributed by atoms with E-state index in [4.69, 9.17) is 14.6 Å². The van der Waals surface area contributed by atoms with Gasteiger partial charge >= 0.3 is 5.97 Å². The van der Waals surface area contributed by atoms with Crippen molar-refractivity contribution in [2.75, 3.05) is 7.11 Å². The first-order valence-electron chi connectivity index (χ1n) is 6.65. The molecule has 0 heterocycles. The van der Waals surface area contributed by atoms with Crippen molar-refractivity contribution in [2.24, 2.45) is 0 Å². The van der Waals surface area contributed by atoms with Gasteiger partial charge in [-0.2, -0.15) is 0 Å². The Morgan fingerprint density at radius 1 is 1.10 bits per heavy atom. The predicted octanol–water partition coefficient (Wildman–Crippen LogP) is 3.21. The zero-order valence-electron chi connectivity index (χ0n) is 12.1. The molecule has 21 heavy (non-hydrogen) atoms. The molecule has 0 atom stereocenters. The lowest BCUT2D eigenvalue weighted by Crippen LogP contribution is -2.00. The molecular formula is C17H18O4. The van der Waals surface area contributed by atoms with Gasteiger partial charge in [-0.15, -0.1) is 0 Å². The van der Waals surface area contributed by atoms with Gasteiger partial charge in [0.25, 0.3) is 0 Å². The third-order valence-electron chi connectivity index (χ3n) is 3.14. The lowest BCUT2D eigenvalue weighted by Gasteiger charge is -2.09. The van der Waals surface area contributed by atoms with Crippen LogP contribution in [0.4, 0.5) is 0 Å². The van der Waals surface area contributed by atoms with Crippen LogP contribution in [0.2, 0.25) is 0 Å². The molecule has 2 rings (SSSR count). The molecule has 0 spiro atoms. The Kier molecular flexibility index (Phi) is 4.82. The fourth-order valence-electron chi connectivity index (χ4n) is 2.08. The lowest BCUT2D eigenvalue weighted by atomic mass is 10.1. The molecule has 0 radical (unpaired) electrons. The van der Waals surface area contributed by atoms with Gasteiger partial charge < -0.3 is 14.6 Å². The molecule has 0 aliphatic rings. The van der Waals surface area contributed by atoms with E-state index in [9.17, 15) is 4.79 Å². The number of carbonyl (C=O) groups is 1. The summed E-state index contributed by atoms with van der Waals surface area (Å²) < 4.78 is 10.9. The second-order valence-electron chi connectivity index (χ2n) is 4.81. The van der Waals surface area contributed by atoms with E-state index in [1.165, 1.54) is 0 Å². The van der Waals surface area contributed by atoms with Crippen LogP contribution in [0.1, 0.15) is 16.7 Å². The topological polar surface area (TPSA) is 55.8 Å². The summed E-state index contributed by atoms with van der Waals surface area (Å²) in [4.78, 5) is 10.6. The molecule has 0 saturated heterocycles. The van der Waals surface area contributed by atoms with Gasteiger partial charge in [0.05, 0.1) is 13.5 Å². The normalized spacial score (nSPS) is 10.2. The van der Waals surface area contributed by atoms with Crippen LogP contribution >= 0.6 is 0 Å². The van der Waals surface area contributed by atoms with Gasteiger partial charge in [0.15, 0.2) is 0 Å². The van der Waals surface area contributed by atoms with Crippen molar-refractivity contribution in [3.05, 3.63) is 59.2 Å². The zero-order chi connectivity index (χ0) is 15.2. The second kappa shape index (κ2) is 6.79. The number of aliphatic carboxylic acids is 1. The first-order chi connectivity index (χ1) is 10.1. The van der Waals surface area contributed by atoms with Crippen LogP contribution in [0.5, 0.6) is 11.5 Å². The van der Waals surface area contributed by atoms with E-state index in [1.54, 1.807) is 31.4 Å². The number of aryl methyl sites for hydroxylation is 1. The molecule has 110 valence electrons. The van der Waals surface area contributed by atoms with Crippen LogP contribution in [-0.4, -0.2) is 18.2 Å². The number of hydrogen-bond acceptors (Lipinski definition) is 3. The number of carboxylic acids is 1. The van der Waals surface area contributed by atoms with E-state index in [0.29, 0.717) is 6.61 Å². The highest BCUT2D eigenvalue weighted by molar-refractivity contribution is 5.70. The third kappa shape index (κ3) is 4.24. The molecule has 4 nitrogen and oxygen atoms in total. The van der Waals surface area contributed by atoms with E-state index in [0.717, 1.165) is 28.2 Å². The molecule has 0 unspecified atom stereocenters. The molecule has 4 heteroatoms. The van der Waals surface area contributed by atoms with Crippen molar-refractivity contribution >= 4 is 5.97 Å². The highest BCUT2D eigenvalue weighted by atomic mass is 16.5. The van der Waals surface area contributed by atoms with Gasteiger partial charge in [0.2, 0.25) is 0 Å². The number of methoxy groups -OCH3 is 1. The monoisotopic (exact) mass is 286 g/mol. The molecule has 0 amide bonds. The van der Waals surface area contributed by atoms with Crippen molar-refractivity contribution in [1.29, 1.82) is 0 Å². The number of hydrogen-bond donors (Lipinski definition) is 1. The van der Waals surface area contributed by atoms with Crippen LogP contribution in [-0.2, 0) is 17.8 Å². The van der Waals surface area contributed by atoms with Crippen LogP contribution < -0.4 is 9.47 Å². The van der Waals surface area contributed by atoms with Crippen molar-refractivity contribution in [3.63, 3.8) is 0 Å². The Labute approximate surface area is 123 Å². The van der Waals surface area contributed by atoms with Crippen molar-refractivity contribution < 1.29 is 19.4 Å². The largest absolute Gasteiger partial charge is 0.496 e. The minimum absolute atomic E-state index is 0.0257. The Bertz CT molecular complexity index is 617. The van der Waals surface area contributed by atoms with Crippen LogP contribution in [0.3, 0.4) is 0 Å². The Balaban J connectivity index is 1.96. The minimum Gasteiger partial charge on any atom is -0.496 e. The smallest absolute Gasteiger partial charge is 0.307 e. The number of carboxylic acid groups (broad SMARTS) is 1. The number of rotatable bonds is 6. The first kappa shape index (κ1) is 14.9. The summed E-state index contributed by atoms with van der Waals surface area (Å²) in [5.74, 6) is 0.742. The van der Waals surface area contributed by atoms with Crippen molar-refractivity contribution in [1.82, 2.24) is 0 Å². The second-order valence-corrected chi connectivity index (χ2v) is 4.81. The Morgan fingerprint density at radius 2 is 1.76 bits per heavy atom. The van der Waals surface area contributed by atoms with Crippen molar-refractivity contribution in [3.8, 4) is 11.5 Å². The van der Waals surface area contributed by atoms with Gasteiger partial charge in [0.1, 0.15) is 18.1 Å². The number of ether oxygens (including phenoxy) is 2. The molecule has 2 aromatic carbocycles. The molecule has 0 saturated carbocycles. The molecule has 0 aliphatic heterocycles.